The summed E-state index contributed by atoms with van der Waals surface area (Å²) in [5.74, 6) is 0.760. The van der Waals surface area contributed by atoms with Crippen molar-refractivity contribution < 1.29 is 19.8 Å². The molecule has 7 atom stereocenters. The lowest BCUT2D eigenvalue weighted by Gasteiger charge is -2.59. The summed E-state index contributed by atoms with van der Waals surface area (Å²) in [7, 11) is 0. The molecule has 0 aromatic heterocycles. The van der Waals surface area contributed by atoms with Crippen LogP contribution in [0.25, 0.3) is 0 Å². The average Bonchev–Trinajstić information content (AvgIpc) is 2.82. The quantitative estimate of drug-likeness (QED) is 0.717. The first-order valence-corrected chi connectivity index (χ1v) is 8.93. The van der Waals surface area contributed by atoms with Crippen LogP contribution in [0.5, 0.6) is 0 Å². The molecule has 3 saturated carbocycles. The molecule has 4 rings (SSSR count). The number of fused-ring (bicyclic) bond motifs is 5. The number of aliphatic hydroxyl groups excluding tert-OH is 2. The largest absolute Gasteiger partial charge is 0.390 e. The number of ketones is 2. The SMILES string of the molecule is C[C@]12CCC(=O)C=C1[C@@H](O)[C@@H](O)[C@@H]1[C@@H]2CC[C@]2(C)C(=O)CC[C@@H]12. The number of hydrogen-bond donors (Lipinski definition) is 2. The molecule has 2 N–H and O–H groups in total. The highest BCUT2D eigenvalue weighted by molar-refractivity contribution is 5.92. The fourth-order valence-electron chi connectivity index (χ4n) is 6.34. The molecule has 0 aliphatic heterocycles. The summed E-state index contributed by atoms with van der Waals surface area (Å²) >= 11 is 0. The van der Waals surface area contributed by atoms with Gasteiger partial charge in [-0.3, -0.25) is 9.59 Å². The molecule has 23 heavy (non-hydrogen) atoms. The van der Waals surface area contributed by atoms with E-state index >= 15 is 0 Å². The molecule has 4 aliphatic carbocycles. The van der Waals surface area contributed by atoms with Crippen LogP contribution in [-0.4, -0.2) is 34.0 Å². The minimum absolute atomic E-state index is 0.0365. The summed E-state index contributed by atoms with van der Waals surface area (Å²) in [5.41, 5.74) is 0.184. The van der Waals surface area contributed by atoms with Crippen LogP contribution in [-0.2, 0) is 9.59 Å². The van der Waals surface area contributed by atoms with Crippen molar-refractivity contribution in [3.63, 3.8) is 0 Å². The lowest BCUT2D eigenvalue weighted by molar-refractivity contribution is -0.154. The monoisotopic (exact) mass is 318 g/mol. The van der Waals surface area contributed by atoms with Gasteiger partial charge >= 0.3 is 0 Å². The molecule has 0 unspecified atom stereocenters. The lowest BCUT2D eigenvalue weighted by Crippen LogP contribution is -2.60. The van der Waals surface area contributed by atoms with Gasteiger partial charge in [-0.15, -0.1) is 0 Å². The van der Waals surface area contributed by atoms with E-state index in [-0.39, 0.29) is 34.4 Å². The summed E-state index contributed by atoms with van der Waals surface area (Å²) in [6.45, 7) is 4.21. The molecular weight excluding hydrogens is 292 g/mol. The van der Waals surface area contributed by atoms with Crippen molar-refractivity contribution in [2.45, 2.75) is 64.6 Å². The molecule has 3 fully saturated rings. The molecule has 0 radical (unpaired) electrons. The van der Waals surface area contributed by atoms with Gasteiger partial charge in [-0.1, -0.05) is 13.8 Å². The van der Waals surface area contributed by atoms with Gasteiger partial charge < -0.3 is 10.2 Å². The normalized spacial score (nSPS) is 52.5. The van der Waals surface area contributed by atoms with Crippen LogP contribution in [0.2, 0.25) is 0 Å². The van der Waals surface area contributed by atoms with Crippen LogP contribution < -0.4 is 0 Å². The van der Waals surface area contributed by atoms with Crippen LogP contribution in [0, 0.1) is 28.6 Å². The van der Waals surface area contributed by atoms with Gasteiger partial charge in [0.25, 0.3) is 0 Å². The molecule has 0 aromatic carbocycles. The summed E-state index contributed by atoms with van der Waals surface area (Å²) < 4.78 is 0. The van der Waals surface area contributed by atoms with E-state index in [1.807, 2.05) is 0 Å². The second kappa shape index (κ2) is 4.76. The van der Waals surface area contributed by atoms with E-state index in [2.05, 4.69) is 13.8 Å². The topological polar surface area (TPSA) is 74.6 Å². The predicted molar refractivity (Wildman–Crippen MR) is 84.5 cm³/mol. The van der Waals surface area contributed by atoms with E-state index < -0.39 is 12.2 Å². The first-order valence-electron chi connectivity index (χ1n) is 8.93. The zero-order valence-electron chi connectivity index (χ0n) is 13.9. The standard InChI is InChI=1S/C19H26O4/c1-18-7-5-10(20)9-13(18)16(22)17(23)15-11-3-4-14(21)19(11,2)8-6-12(15)18/h9,11-12,15-17,22-23H,3-8H2,1-2H3/t11-,12-,15-,16+,17-,18+,19-/m0/s1. The van der Waals surface area contributed by atoms with E-state index in [0.29, 0.717) is 18.6 Å². The van der Waals surface area contributed by atoms with Gasteiger partial charge in [-0.05, 0) is 60.5 Å². The first-order chi connectivity index (χ1) is 10.8. The fraction of sp³-hybridized carbons (Fsp3) is 0.789. The van der Waals surface area contributed by atoms with Crippen LogP contribution in [0.1, 0.15) is 52.4 Å². The molecule has 0 heterocycles. The van der Waals surface area contributed by atoms with Gasteiger partial charge in [0.2, 0.25) is 0 Å². The third-order valence-corrected chi connectivity index (χ3v) is 7.76. The van der Waals surface area contributed by atoms with Crippen molar-refractivity contribution in [2.75, 3.05) is 0 Å². The van der Waals surface area contributed by atoms with E-state index in [1.165, 1.54) is 0 Å². The number of rotatable bonds is 0. The fourth-order valence-corrected chi connectivity index (χ4v) is 6.34. The first kappa shape index (κ1) is 15.5. The summed E-state index contributed by atoms with van der Waals surface area (Å²) in [6.07, 6.45) is 4.23. The van der Waals surface area contributed by atoms with Crippen LogP contribution >= 0.6 is 0 Å². The highest BCUT2D eigenvalue weighted by Crippen LogP contribution is 2.64. The van der Waals surface area contributed by atoms with Crippen LogP contribution in [0.15, 0.2) is 11.6 Å². The Morgan fingerprint density at radius 1 is 1.00 bits per heavy atom. The van der Waals surface area contributed by atoms with Crippen molar-refractivity contribution in [2.24, 2.45) is 28.6 Å². The van der Waals surface area contributed by atoms with Crippen LogP contribution in [0.3, 0.4) is 0 Å². The third-order valence-electron chi connectivity index (χ3n) is 7.76. The van der Waals surface area contributed by atoms with Gasteiger partial charge in [-0.25, -0.2) is 0 Å². The number of Topliss-reactive ketones (excluding diaryl/α,β-unsaturated/α-hetero) is 1. The van der Waals surface area contributed by atoms with E-state index in [0.717, 1.165) is 31.3 Å². The van der Waals surface area contributed by atoms with E-state index in [9.17, 15) is 19.8 Å². The van der Waals surface area contributed by atoms with Crippen molar-refractivity contribution in [3.05, 3.63) is 11.6 Å². The molecule has 0 spiro atoms. The summed E-state index contributed by atoms with van der Waals surface area (Å²) in [5, 5.41) is 21.6. The van der Waals surface area contributed by atoms with Crippen molar-refractivity contribution in [3.8, 4) is 0 Å². The molecule has 0 aromatic rings. The highest BCUT2D eigenvalue weighted by Gasteiger charge is 2.63. The zero-order chi connectivity index (χ0) is 16.6. The van der Waals surface area contributed by atoms with Crippen molar-refractivity contribution in [1.82, 2.24) is 0 Å². The molecule has 4 heteroatoms. The zero-order valence-corrected chi connectivity index (χ0v) is 13.9. The maximum absolute atomic E-state index is 12.4. The lowest BCUT2D eigenvalue weighted by atomic mass is 9.46. The Labute approximate surface area is 137 Å². The minimum Gasteiger partial charge on any atom is -0.390 e. The Morgan fingerprint density at radius 3 is 2.43 bits per heavy atom. The Bertz CT molecular complexity index is 608. The molecule has 4 aliphatic rings. The Kier molecular flexibility index (Phi) is 3.21. The van der Waals surface area contributed by atoms with E-state index in [1.54, 1.807) is 6.08 Å². The predicted octanol–water partition coefficient (Wildman–Crippen LogP) is 2.03. The molecule has 4 nitrogen and oxygen atoms in total. The number of hydrogen-bond acceptors (Lipinski definition) is 4. The molecule has 0 saturated heterocycles. The molecule has 126 valence electrons. The van der Waals surface area contributed by atoms with Gasteiger partial charge in [-0.2, -0.15) is 0 Å². The average molecular weight is 318 g/mol. The Morgan fingerprint density at radius 2 is 1.70 bits per heavy atom. The smallest absolute Gasteiger partial charge is 0.155 e. The van der Waals surface area contributed by atoms with Gasteiger partial charge in [0.1, 0.15) is 11.9 Å². The number of aliphatic hydroxyl groups is 2. The summed E-state index contributed by atoms with van der Waals surface area (Å²) in [6, 6.07) is 0. The van der Waals surface area contributed by atoms with Gasteiger partial charge in [0, 0.05) is 18.3 Å². The highest BCUT2D eigenvalue weighted by atomic mass is 16.3. The van der Waals surface area contributed by atoms with E-state index in [4.69, 9.17) is 0 Å². The Balaban J connectivity index is 1.79. The van der Waals surface area contributed by atoms with Crippen molar-refractivity contribution in [1.29, 1.82) is 0 Å². The number of carbonyl (C=O) groups is 2. The third kappa shape index (κ3) is 1.85. The molecular formula is C19H26O4. The van der Waals surface area contributed by atoms with Crippen LogP contribution in [0.4, 0.5) is 0 Å². The second-order valence-corrected chi connectivity index (χ2v) is 8.63. The van der Waals surface area contributed by atoms with Crippen molar-refractivity contribution >= 4 is 11.6 Å². The van der Waals surface area contributed by atoms with Gasteiger partial charge in [0.15, 0.2) is 5.78 Å². The second-order valence-electron chi connectivity index (χ2n) is 8.63. The number of carbonyl (C=O) groups excluding carboxylic acids is 2. The van der Waals surface area contributed by atoms with Gasteiger partial charge in [0.05, 0.1) is 6.10 Å². The maximum atomic E-state index is 12.4. The molecule has 0 bridgehead atoms. The maximum Gasteiger partial charge on any atom is 0.155 e. The molecule has 0 amide bonds. The minimum atomic E-state index is -0.969. The Hall–Kier alpha value is -1.00. The summed E-state index contributed by atoms with van der Waals surface area (Å²) in [4.78, 5) is 24.2.